The summed E-state index contributed by atoms with van der Waals surface area (Å²) < 4.78 is 6.15. The van der Waals surface area contributed by atoms with E-state index in [1.165, 1.54) is 81.1 Å². The number of hydrogen-bond acceptors (Lipinski definition) is 3. The lowest BCUT2D eigenvalue weighted by atomic mass is 9.51. The van der Waals surface area contributed by atoms with Gasteiger partial charge in [0.15, 0.2) is 0 Å². The summed E-state index contributed by atoms with van der Waals surface area (Å²) in [5.41, 5.74) is 4.84. The summed E-state index contributed by atoms with van der Waals surface area (Å²) in [6.07, 6.45) is 11.9. The van der Waals surface area contributed by atoms with E-state index in [0.717, 1.165) is 37.2 Å². The molecule has 2 saturated carbocycles. The number of hydrogen-bond donors (Lipinski definition) is 1. The molecule has 3 nitrogen and oxygen atoms in total. The Bertz CT molecular complexity index is 995. The molecule has 5 atom stereocenters. The van der Waals surface area contributed by atoms with Gasteiger partial charge in [-0.1, -0.05) is 38.0 Å². The first kappa shape index (κ1) is 22.5. The van der Waals surface area contributed by atoms with Gasteiger partial charge in [0.25, 0.3) is 0 Å². The molecule has 3 fully saturated rings. The van der Waals surface area contributed by atoms with Crippen LogP contribution >= 0.6 is 0 Å². The van der Waals surface area contributed by atoms with Crippen LogP contribution in [0.15, 0.2) is 42.5 Å². The molecule has 6 rings (SSSR count). The lowest BCUT2D eigenvalue weighted by molar-refractivity contribution is 0.0431. The second-order valence-electron chi connectivity index (χ2n) is 11.9. The average molecular weight is 460 g/mol. The van der Waals surface area contributed by atoms with Gasteiger partial charge in [-0.15, -0.1) is 0 Å². The van der Waals surface area contributed by atoms with Crippen LogP contribution in [0.2, 0.25) is 0 Å². The third-order valence-electron chi connectivity index (χ3n) is 9.92. The molecule has 1 N–H and O–H groups in total. The summed E-state index contributed by atoms with van der Waals surface area (Å²) in [5.74, 6) is 4.17. The van der Waals surface area contributed by atoms with Crippen LogP contribution in [0.25, 0.3) is 0 Å². The van der Waals surface area contributed by atoms with Gasteiger partial charge in [0.1, 0.15) is 18.1 Å². The van der Waals surface area contributed by atoms with Gasteiger partial charge in [0.05, 0.1) is 0 Å². The number of fused-ring (bicyclic) bond motifs is 5. The highest BCUT2D eigenvalue weighted by atomic mass is 16.5. The lowest BCUT2D eigenvalue weighted by Crippen LogP contribution is -2.43. The maximum atomic E-state index is 10.1. The quantitative estimate of drug-likeness (QED) is 0.528. The standard InChI is InChI=1S/C31H41NO2/c1-31-15-5-6-29(31)27-13-9-23-20-24(33)10-14-26(23)30(27)28(21-31)22-7-11-25(12-8-22)34-19-18-32-16-3-2-4-17-32/h7-8,10-12,14,20,27-30,33H,2-6,9,13,15-19,21H2,1H3. The molecule has 1 heterocycles. The first-order valence-electron chi connectivity index (χ1n) is 13.9. The van der Waals surface area contributed by atoms with Gasteiger partial charge < -0.3 is 9.84 Å². The number of phenolic OH excluding ortho intramolecular Hbond substituents is 1. The first-order chi connectivity index (χ1) is 16.6. The summed E-state index contributed by atoms with van der Waals surface area (Å²) >= 11 is 0. The van der Waals surface area contributed by atoms with E-state index in [1.807, 2.05) is 12.1 Å². The number of ether oxygens (including phenoxy) is 1. The Labute approximate surface area is 205 Å². The number of benzene rings is 2. The van der Waals surface area contributed by atoms with Crippen LogP contribution in [-0.4, -0.2) is 36.2 Å². The average Bonchev–Trinajstić information content (AvgIpc) is 3.26. The Morgan fingerprint density at radius 2 is 1.82 bits per heavy atom. The van der Waals surface area contributed by atoms with Crippen molar-refractivity contribution in [1.82, 2.24) is 4.90 Å². The summed E-state index contributed by atoms with van der Waals surface area (Å²) in [7, 11) is 0. The maximum Gasteiger partial charge on any atom is 0.119 e. The minimum atomic E-state index is 0.418. The highest BCUT2D eigenvalue weighted by Gasteiger charge is 2.54. The molecule has 2 aromatic rings. The van der Waals surface area contributed by atoms with E-state index >= 15 is 0 Å². The number of rotatable bonds is 5. The van der Waals surface area contributed by atoms with E-state index in [9.17, 15) is 5.11 Å². The third kappa shape index (κ3) is 4.15. The van der Waals surface area contributed by atoms with Crippen LogP contribution in [0.1, 0.15) is 86.8 Å². The zero-order chi connectivity index (χ0) is 23.1. The topological polar surface area (TPSA) is 32.7 Å². The Balaban J connectivity index is 1.23. The van der Waals surface area contributed by atoms with E-state index in [-0.39, 0.29) is 0 Å². The molecule has 0 spiro atoms. The fourth-order valence-electron chi connectivity index (χ4n) is 8.32. The zero-order valence-electron chi connectivity index (χ0n) is 20.8. The Hall–Kier alpha value is -2.00. The van der Waals surface area contributed by atoms with Gasteiger partial charge in [0, 0.05) is 6.54 Å². The molecule has 1 saturated heterocycles. The molecule has 3 heteroatoms. The summed E-state index contributed by atoms with van der Waals surface area (Å²) in [5, 5.41) is 10.1. The molecule has 3 aliphatic carbocycles. The van der Waals surface area contributed by atoms with Crippen LogP contribution in [0.5, 0.6) is 11.5 Å². The normalized spacial score (nSPS) is 33.1. The van der Waals surface area contributed by atoms with Crippen LogP contribution in [0.4, 0.5) is 0 Å². The van der Waals surface area contributed by atoms with E-state index in [1.54, 1.807) is 0 Å². The summed E-state index contributed by atoms with van der Waals surface area (Å²) in [4.78, 5) is 2.54. The maximum absolute atomic E-state index is 10.1. The van der Waals surface area contributed by atoms with Crippen molar-refractivity contribution in [3.8, 4) is 11.5 Å². The van der Waals surface area contributed by atoms with Crippen molar-refractivity contribution in [2.45, 2.75) is 76.5 Å². The van der Waals surface area contributed by atoms with Crippen molar-refractivity contribution in [3.05, 3.63) is 59.2 Å². The van der Waals surface area contributed by atoms with Crippen LogP contribution in [0.3, 0.4) is 0 Å². The molecule has 182 valence electrons. The molecule has 5 unspecified atom stereocenters. The molecule has 2 aromatic carbocycles. The molecule has 0 bridgehead atoms. The molecular formula is C31H41NO2. The van der Waals surface area contributed by atoms with Gasteiger partial charge in [-0.3, -0.25) is 4.90 Å². The molecule has 4 aliphatic rings. The van der Waals surface area contributed by atoms with E-state index in [2.05, 4.69) is 42.2 Å². The Morgan fingerprint density at radius 1 is 1.00 bits per heavy atom. The Kier molecular flexibility index (Phi) is 6.09. The number of nitrogens with zero attached hydrogens (tertiary/aromatic N) is 1. The fourth-order valence-corrected chi connectivity index (χ4v) is 8.32. The highest BCUT2D eigenvalue weighted by molar-refractivity contribution is 5.43. The van der Waals surface area contributed by atoms with E-state index < -0.39 is 0 Å². The second-order valence-corrected chi connectivity index (χ2v) is 11.9. The monoisotopic (exact) mass is 459 g/mol. The van der Waals surface area contributed by atoms with Crippen molar-refractivity contribution in [1.29, 1.82) is 0 Å². The number of aryl methyl sites for hydroxylation is 1. The highest BCUT2D eigenvalue weighted by Crippen LogP contribution is 2.65. The second kappa shape index (κ2) is 9.22. The molecular weight excluding hydrogens is 418 g/mol. The van der Waals surface area contributed by atoms with Gasteiger partial charge in [-0.05, 0) is 128 Å². The lowest BCUT2D eigenvalue weighted by Gasteiger charge is -2.53. The van der Waals surface area contributed by atoms with Gasteiger partial charge in [-0.2, -0.15) is 0 Å². The summed E-state index contributed by atoms with van der Waals surface area (Å²) in [6.45, 7) is 6.86. The predicted octanol–water partition coefficient (Wildman–Crippen LogP) is 6.90. The van der Waals surface area contributed by atoms with Crippen molar-refractivity contribution in [2.75, 3.05) is 26.2 Å². The predicted molar refractivity (Wildman–Crippen MR) is 138 cm³/mol. The van der Waals surface area contributed by atoms with Crippen molar-refractivity contribution < 1.29 is 9.84 Å². The number of aromatic hydroxyl groups is 1. The zero-order valence-corrected chi connectivity index (χ0v) is 20.8. The smallest absolute Gasteiger partial charge is 0.119 e. The fraction of sp³-hybridized carbons (Fsp3) is 0.613. The molecule has 0 amide bonds. The summed E-state index contributed by atoms with van der Waals surface area (Å²) in [6, 6.07) is 15.3. The van der Waals surface area contributed by atoms with Crippen molar-refractivity contribution >= 4 is 0 Å². The molecule has 1 aliphatic heterocycles. The number of likely N-dealkylation sites (tertiary alicyclic amines) is 1. The van der Waals surface area contributed by atoms with Crippen molar-refractivity contribution in [3.63, 3.8) is 0 Å². The van der Waals surface area contributed by atoms with E-state index in [0.29, 0.717) is 23.0 Å². The third-order valence-corrected chi connectivity index (χ3v) is 9.92. The minimum absolute atomic E-state index is 0.418. The van der Waals surface area contributed by atoms with Gasteiger partial charge in [0.2, 0.25) is 0 Å². The van der Waals surface area contributed by atoms with Crippen LogP contribution < -0.4 is 4.74 Å². The molecule has 0 radical (unpaired) electrons. The van der Waals surface area contributed by atoms with Gasteiger partial charge >= 0.3 is 0 Å². The Morgan fingerprint density at radius 3 is 2.65 bits per heavy atom. The van der Waals surface area contributed by atoms with Gasteiger partial charge in [-0.25, -0.2) is 0 Å². The number of phenols is 1. The SMILES string of the molecule is CC12CCCC1C1CCc3cc(O)ccc3C1C(c1ccc(OCCN3CCCCC3)cc1)C2. The van der Waals surface area contributed by atoms with Crippen LogP contribution in [-0.2, 0) is 6.42 Å². The minimum Gasteiger partial charge on any atom is -0.508 e. The van der Waals surface area contributed by atoms with Crippen LogP contribution in [0, 0.1) is 17.3 Å². The first-order valence-corrected chi connectivity index (χ1v) is 13.9. The molecule has 0 aromatic heterocycles. The molecule has 34 heavy (non-hydrogen) atoms. The largest absolute Gasteiger partial charge is 0.508 e. The van der Waals surface area contributed by atoms with Crippen molar-refractivity contribution in [2.24, 2.45) is 17.3 Å². The number of piperidine rings is 1. The van der Waals surface area contributed by atoms with E-state index in [4.69, 9.17) is 4.74 Å².